The number of ether oxygens (including phenoxy) is 5. The van der Waals surface area contributed by atoms with Crippen molar-refractivity contribution in [2.45, 2.75) is 45.4 Å². The van der Waals surface area contributed by atoms with Crippen LogP contribution in [0.15, 0.2) is 18.2 Å². The van der Waals surface area contributed by atoms with Crippen LogP contribution in [-0.4, -0.2) is 59.0 Å². The van der Waals surface area contributed by atoms with Crippen molar-refractivity contribution in [1.29, 1.82) is 0 Å². The Bertz CT molecular complexity index is 901. The van der Waals surface area contributed by atoms with Crippen LogP contribution in [0.3, 0.4) is 0 Å². The van der Waals surface area contributed by atoms with Gasteiger partial charge in [0.25, 0.3) is 0 Å². The van der Waals surface area contributed by atoms with Crippen molar-refractivity contribution in [1.82, 2.24) is 0 Å². The van der Waals surface area contributed by atoms with Gasteiger partial charge in [0.15, 0.2) is 12.2 Å². The Morgan fingerprint density at radius 1 is 0.903 bits per heavy atom. The molecule has 0 radical (unpaired) electrons. The fourth-order valence-electron chi connectivity index (χ4n) is 2.82. The molecule has 1 heterocycles. The lowest BCUT2D eigenvalue weighted by Crippen LogP contribution is -2.59. The molecule has 2 rings (SSSR count). The van der Waals surface area contributed by atoms with Crippen molar-refractivity contribution in [2.24, 2.45) is 0 Å². The van der Waals surface area contributed by atoms with Crippen LogP contribution in [0.4, 0.5) is 11.4 Å². The number of carbonyl (C=O) groups excluding carboxylic acids is 3. The minimum absolute atomic E-state index is 0.216. The molecule has 1 aromatic rings. The van der Waals surface area contributed by atoms with Gasteiger partial charge in [-0.2, -0.15) is 0 Å². The van der Waals surface area contributed by atoms with Crippen LogP contribution in [0.1, 0.15) is 20.8 Å². The predicted molar refractivity (Wildman–Crippen MR) is 96.8 cm³/mol. The van der Waals surface area contributed by atoms with Crippen LogP contribution in [0, 0.1) is 20.2 Å². The van der Waals surface area contributed by atoms with E-state index in [0.29, 0.717) is 0 Å². The summed E-state index contributed by atoms with van der Waals surface area (Å²) in [4.78, 5) is 54.7. The summed E-state index contributed by atoms with van der Waals surface area (Å²) in [5.41, 5.74) is -1.59. The molecule has 1 aliphatic heterocycles. The summed E-state index contributed by atoms with van der Waals surface area (Å²) in [7, 11) is 0. The lowest BCUT2D eigenvalue weighted by molar-refractivity contribution is -0.422. The van der Waals surface area contributed by atoms with E-state index in [-0.39, 0.29) is 12.4 Å². The quantitative estimate of drug-likeness (QED) is 0.253. The maximum absolute atomic E-state index is 11.6. The lowest BCUT2D eigenvalue weighted by atomic mass is 10.0. The van der Waals surface area contributed by atoms with E-state index >= 15 is 0 Å². The first-order chi connectivity index (χ1) is 14.5. The maximum atomic E-state index is 11.6. The summed E-state index contributed by atoms with van der Waals surface area (Å²) in [5.74, 6) is -2.51. The largest absolute Gasteiger partial charge is 0.460 e. The van der Waals surface area contributed by atoms with Crippen molar-refractivity contribution >= 4 is 29.3 Å². The molecule has 0 amide bonds. The molecule has 1 saturated heterocycles. The molecular formula is C17H18N2O12. The number of carbonyl (C=O) groups is 3. The van der Waals surface area contributed by atoms with E-state index in [0.717, 1.165) is 39.0 Å². The summed E-state index contributed by atoms with van der Waals surface area (Å²) >= 11 is 0. The number of nitro groups is 2. The van der Waals surface area contributed by atoms with E-state index < -0.39 is 63.7 Å². The zero-order valence-corrected chi connectivity index (χ0v) is 16.5. The van der Waals surface area contributed by atoms with Gasteiger partial charge in [-0.25, -0.2) is 0 Å². The second-order valence-corrected chi connectivity index (χ2v) is 6.28. The van der Waals surface area contributed by atoms with Crippen molar-refractivity contribution < 1.29 is 47.9 Å². The molecule has 0 N–H and O–H groups in total. The highest BCUT2D eigenvalue weighted by Gasteiger charge is 2.48. The van der Waals surface area contributed by atoms with Gasteiger partial charge in [0.1, 0.15) is 5.75 Å². The fraction of sp³-hybridized carbons (Fsp3) is 0.471. The normalized spacial score (nSPS) is 22.7. The minimum atomic E-state index is -1.44. The van der Waals surface area contributed by atoms with Gasteiger partial charge in [0.2, 0.25) is 12.4 Å². The highest BCUT2D eigenvalue weighted by molar-refractivity contribution is 5.68. The van der Waals surface area contributed by atoms with Crippen molar-refractivity contribution in [2.75, 3.05) is 6.61 Å². The van der Waals surface area contributed by atoms with E-state index in [1.807, 2.05) is 0 Å². The van der Waals surface area contributed by atoms with Gasteiger partial charge in [0.05, 0.1) is 22.5 Å². The van der Waals surface area contributed by atoms with Gasteiger partial charge in [0, 0.05) is 26.8 Å². The molecule has 0 bridgehead atoms. The van der Waals surface area contributed by atoms with E-state index in [1.54, 1.807) is 0 Å². The summed E-state index contributed by atoms with van der Waals surface area (Å²) in [6, 6.07) is 2.74. The van der Waals surface area contributed by atoms with Gasteiger partial charge >= 0.3 is 29.3 Å². The number of benzene rings is 1. The van der Waals surface area contributed by atoms with Crippen LogP contribution in [-0.2, 0) is 33.3 Å². The average Bonchev–Trinajstić information content (AvgIpc) is 2.65. The molecule has 1 aromatic carbocycles. The number of rotatable bonds is 7. The number of hydrogen-bond donors (Lipinski definition) is 0. The van der Waals surface area contributed by atoms with Crippen LogP contribution in [0.5, 0.6) is 5.75 Å². The van der Waals surface area contributed by atoms with Crippen LogP contribution in [0.25, 0.3) is 0 Å². The minimum Gasteiger partial charge on any atom is -0.460 e. The molecule has 31 heavy (non-hydrogen) atoms. The molecule has 1 aliphatic rings. The second kappa shape index (κ2) is 9.80. The zero-order chi connectivity index (χ0) is 23.3. The molecule has 1 fully saturated rings. The molecule has 14 nitrogen and oxygen atoms in total. The smallest absolute Gasteiger partial charge is 0.349 e. The van der Waals surface area contributed by atoms with E-state index in [1.165, 1.54) is 0 Å². The summed E-state index contributed by atoms with van der Waals surface area (Å²) in [6.45, 7) is 2.94. The molecule has 0 aliphatic carbocycles. The summed E-state index contributed by atoms with van der Waals surface area (Å²) in [6.07, 6.45) is -5.30. The third kappa shape index (κ3) is 6.08. The molecule has 14 heteroatoms. The van der Waals surface area contributed by atoms with Crippen LogP contribution < -0.4 is 4.74 Å². The van der Waals surface area contributed by atoms with Gasteiger partial charge in [-0.05, 0) is 6.07 Å². The maximum Gasteiger partial charge on any atom is 0.349 e. The van der Waals surface area contributed by atoms with Crippen molar-refractivity contribution in [3.05, 3.63) is 38.4 Å². The Hall–Kier alpha value is -3.81. The Labute approximate surface area is 174 Å². The zero-order valence-electron chi connectivity index (χ0n) is 16.5. The highest BCUT2D eigenvalue weighted by Crippen LogP contribution is 2.33. The molecule has 0 saturated carbocycles. The first-order valence-corrected chi connectivity index (χ1v) is 8.72. The highest BCUT2D eigenvalue weighted by atomic mass is 16.7. The van der Waals surface area contributed by atoms with E-state index in [9.17, 15) is 34.6 Å². The number of nitro benzene ring substituents is 2. The molecule has 3 unspecified atom stereocenters. The Balaban J connectivity index is 2.37. The molecule has 4 atom stereocenters. The number of hydrogen-bond acceptors (Lipinski definition) is 12. The third-order valence-corrected chi connectivity index (χ3v) is 3.90. The van der Waals surface area contributed by atoms with Gasteiger partial charge in [-0.15, -0.1) is 0 Å². The first-order valence-electron chi connectivity index (χ1n) is 8.72. The topological polar surface area (TPSA) is 184 Å². The van der Waals surface area contributed by atoms with Gasteiger partial charge in [-0.3, -0.25) is 34.6 Å². The molecule has 0 spiro atoms. The van der Waals surface area contributed by atoms with Crippen LogP contribution in [0.2, 0.25) is 0 Å². The average molecular weight is 442 g/mol. The Morgan fingerprint density at radius 3 is 1.97 bits per heavy atom. The van der Waals surface area contributed by atoms with Crippen molar-refractivity contribution in [3.63, 3.8) is 0 Å². The van der Waals surface area contributed by atoms with E-state index in [4.69, 9.17) is 23.7 Å². The standard InChI is InChI=1S/C17H18N2O12/c1-8(20)28-14-7-27-17(16(30-10(3)22)15(14)29-9(2)21)31-11-4-5-12(18(23)24)13(6-11)19(25)26/h4-6,14-17H,7H2,1-3H3/t14-,15?,16?,17?/m1/s1. The summed E-state index contributed by atoms with van der Waals surface area (Å²) in [5, 5.41) is 22.1. The molecular weight excluding hydrogens is 424 g/mol. The SMILES string of the molecule is CC(=O)OC1C(Oc2ccc([N+](=O)[O-])c([N+](=O)[O-])c2)OC[C@@H](OC(C)=O)C1OC(C)=O. The fourth-order valence-corrected chi connectivity index (χ4v) is 2.82. The van der Waals surface area contributed by atoms with E-state index in [2.05, 4.69) is 0 Å². The monoisotopic (exact) mass is 442 g/mol. The van der Waals surface area contributed by atoms with Gasteiger partial charge in [-0.1, -0.05) is 0 Å². The second-order valence-electron chi connectivity index (χ2n) is 6.28. The third-order valence-electron chi connectivity index (χ3n) is 3.90. The van der Waals surface area contributed by atoms with Crippen LogP contribution >= 0.6 is 0 Å². The Morgan fingerprint density at radius 2 is 1.45 bits per heavy atom. The molecule has 0 aromatic heterocycles. The first kappa shape index (κ1) is 23.5. The number of esters is 3. The lowest BCUT2D eigenvalue weighted by Gasteiger charge is -2.40. The molecule has 168 valence electrons. The van der Waals surface area contributed by atoms with Crippen molar-refractivity contribution in [3.8, 4) is 5.75 Å². The summed E-state index contributed by atoms with van der Waals surface area (Å²) < 4.78 is 26.3. The van der Waals surface area contributed by atoms with Gasteiger partial charge < -0.3 is 23.7 Å². The Kier molecular flexibility index (Phi) is 7.42. The predicted octanol–water partition coefficient (Wildman–Crippen LogP) is 1.03. The number of nitrogens with zero attached hydrogens (tertiary/aromatic N) is 2.